The van der Waals surface area contributed by atoms with Gasteiger partial charge in [0.25, 0.3) is 11.5 Å². The molecule has 0 fully saturated rings. The molecule has 30 heavy (non-hydrogen) atoms. The highest BCUT2D eigenvalue weighted by atomic mass is 16.5. The summed E-state index contributed by atoms with van der Waals surface area (Å²) in [6.45, 7) is 7.96. The number of H-pyrrole nitrogens is 1. The van der Waals surface area contributed by atoms with Gasteiger partial charge in [0.15, 0.2) is 5.78 Å². The van der Waals surface area contributed by atoms with Crippen LogP contribution in [0.2, 0.25) is 0 Å². The molecule has 0 atom stereocenters. The SMILES string of the molecule is CCOCCOCc1cccc(NC(=O)c2cc3c([nH]c2=O)CC(C)(C)CC3=O)c1. The molecule has 1 aromatic heterocycles. The van der Waals surface area contributed by atoms with Crippen LogP contribution in [0.15, 0.2) is 35.1 Å². The zero-order valence-electron chi connectivity index (χ0n) is 17.7. The summed E-state index contributed by atoms with van der Waals surface area (Å²) in [5, 5.41) is 2.74. The van der Waals surface area contributed by atoms with Crippen LogP contribution in [0.4, 0.5) is 5.69 Å². The van der Waals surface area contributed by atoms with E-state index in [-0.39, 0.29) is 16.8 Å². The van der Waals surface area contributed by atoms with E-state index in [2.05, 4.69) is 10.3 Å². The number of ether oxygens (including phenoxy) is 2. The minimum atomic E-state index is -0.550. The number of Topliss-reactive ketones (excluding diaryl/α,β-unsaturated/α-hetero) is 1. The largest absolute Gasteiger partial charge is 0.379 e. The van der Waals surface area contributed by atoms with Gasteiger partial charge in [-0.3, -0.25) is 14.4 Å². The second-order valence-electron chi connectivity index (χ2n) is 8.25. The molecule has 0 unspecified atom stereocenters. The maximum Gasteiger partial charge on any atom is 0.261 e. The summed E-state index contributed by atoms with van der Waals surface area (Å²) in [5.41, 5.74) is 1.70. The van der Waals surface area contributed by atoms with Gasteiger partial charge in [-0.15, -0.1) is 0 Å². The summed E-state index contributed by atoms with van der Waals surface area (Å²) >= 11 is 0. The number of amides is 1. The lowest BCUT2D eigenvalue weighted by molar-refractivity contribution is 0.0453. The van der Waals surface area contributed by atoms with Crippen LogP contribution in [0.5, 0.6) is 0 Å². The molecule has 0 bridgehead atoms. The lowest BCUT2D eigenvalue weighted by atomic mass is 9.75. The Balaban J connectivity index is 1.71. The van der Waals surface area contributed by atoms with Gasteiger partial charge in [-0.25, -0.2) is 0 Å². The Hall–Kier alpha value is -2.77. The van der Waals surface area contributed by atoms with Crippen LogP contribution in [-0.4, -0.2) is 36.5 Å². The average molecular weight is 412 g/mol. The van der Waals surface area contributed by atoms with Crippen molar-refractivity contribution in [3.05, 3.63) is 63.1 Å². The van der Waals surface area contributed by atoms with Crippen molar-refractivity contribution in [2.24, 2.45) is 5.41 Å². The van der Waals surface area contributed by atoms with E-state index in [0.717, 1.165) is 5.56 Å². The van der Waals surface area contributed by atoms with Crippen LogP contribution in [0.1, 0.15) is 59.2 Å². The van der Waals surface area contributed by atoms with Crippen LogP contribution in [0, 0.1) is 5.41 Å². The van der Waals surface area contributed by atoms with Crippen LogP contribution in [0.3, 0.4) is 0 Å². The Morgan fingerprint density at radius 3 is 2.67 bits per heavy atom. The quantitative estimate of drug-likeness (QED) is 0.648. The summed E-state index contributed by atoms with van der Waals surface area (Å²) < 4.78 is 10.8. The first-order chi connectivity index (χ1) is 14.3. The molecule has 160 valence electrons. The Morgan fingerprint density at radius 1 is 1.13 bits per heavy atom. The predicted molar refractivity (Wildman–Crippen MR) is 114 cm³/mol. The number of hydrogen-bond donors (Lipinski definition) is 2. The number of pyridine rings is 1. The molecular weight excluding hydrogens is 384 g/mol. The molecule has 7 nitrogen and oxygen atoms in total. The first kappa shape index (κ1) is 21.9. The minimum Gasteiger partial charge on any atom is -0.379 e. The Labute approximate surface area is 175 Å². The summed E-state index contributed by atoms with van der Waals surface area (Å²) in [6, 6.07) is 8.64. The third-order valence-electron chi connectivity index (χ3n) is 4.99. The molecule has 1 aliphatic rings. The van der Waals surface area contributed by atoms with E-state index >= 15 is 0 Å². The van der Waals surface area contributed by atoms with E-state index in [0.29, 0.717) is 56.2 Å². The van der Waals surface area contributed by atoms with E-state index in [1.807, 2.05) is 26.8 Å². The molecule has 3 rings (SSSR count). The Bertz CT molecular complexity index is 993. The van der Waals surface area contributed by atoms with Crippen molar-refractivity contribution < 1.29 is 19.1 Å². The zero-order valence-corrected chi connectivity index (χ0v) is 17.7. The monoisotopic (exact) mass is 412 g/mol. The molecule has 0 aliphatic heterocycles. The van der Waals surface area contributed by atoms with Crippen molar-refractivity contribution in [3.8, 4) is 0 Å². The number of aromatic nitrogens is 1. The van der Waals surface area contributed by atoms with Crippen molar-refractivity contribution in [2.45, 2.75) is 40.2 Å². The van der Waals surface area contributed by atoms with Gasteiger partial charge in [0.2, 0.25) is 0 Å². The molecule has 0 radical (unpaired) electrons. The molecule has 7 heteroatoms. The minimum absolute atomic E-state index is 0.0576. The van der Waals surface area contributed by atoms with Crippen LogP contribution >= 0.6 is 0 Å². The second kappa shape index (κ2) is 9.36. The normalized spacial score (nSPS) is 15.0. The van der Waals surface area contributed by atoms with Gasteiger partial charge in [-0.1, -0.05) is 26.0 Å². The van der Waals surface area contributed by atoms with E-state index < -0.39 is 11.5 Å². The van der Waals surface area contributed by atoms with Crippen molar-refractivity contribution >= 4 is 17.4 Å². The van der Waals surface area contributed by atoms with Gasteiger partial charge in [-0.05, 0) is 42.5 Å². The molecule has 2 aromatic rings. The summed E-state index contributed by atoms with van der Waals surface area (Å²) in [7, 11) is 0. The number of hydrogen-bond acceptors (Lipinski definition) is 5. The van der Waals surface area contributed by atoms with Crippen molar-refractivity contribution in [1.82, 2.24) is 4.98 Å². The maximum absolute atomic E-state index is 12.7. The van der Waals surface area contributed by atoms with Gasteiger partial charge in [-0.2, -0.15) is 0 Å². The zero-order chi connectivity index (χ0) is 21.7. The van der Waals surface area contributed by atoms with Crippen LogP contribution < -0.4 is 10.9 Å². The van der Waals surface area contributed by atoms with Gasteiger partial charge in [0, 0.05) is 30.0 Å². The smallest absolute Gasteiger partial charge is 0.261 e. The lowest BCUT2D eigenvalue weighted by Gasteiger charge is -2.29. The Kier molecular flexibility index (Phi) is 6.84. The number of carbonyl (C=O) groups excluding carboxylic acids is 2. The second-order valence-corrected chi connectivity index (χ2v) is 8.25. The fraction of sp³-hybridized carbons (Fsp3) is 0.435. The predicted octanol–water partition coefficient (Wildman–Crippen LogP) is 3.34. The third kappa shape index (κ3) is 5.43. The van der Waals surface area contributed by atoms with E-state index in [9.17, 15) is 14.4 Å². The molecule has 1 aromatic carbocycles. The number of benzene rings is 1. The standard InChI is InChI=1S/C23H28N2O5/c1-4-29-8-9-30-14-15-6-5-7-16(10-15)24-21(27)18-11-17-19(25-22(18)28)12-23(2,3)13-20(17)26/h5-7,10-11H,4,8-9,12-14H2,1-3H3,(H,24,27)(H,25,28). The number of anilines is 1. The molecular formula is C23H28N2O5. The van der Waals surface area contributed by atoms with E-state index in [1.165, 1.54) is 6.07 Å². The van der Waals surface area contributed by atoms with Gasteiger partial charge in [0.05, 0.1) is 19.8 Å². The number of carbonyl (C=O) groups is 2. The average Bonchev–Trinajstić information content (AvgIpc) is 2.66. The summed E-state index contributed by atoms with van der Waals surface area (Å²) in [6.07, 6.45) is 0.981. The molecule has 2 N–H and O–H groups in total. The molecule has 0 saturated heterocycles. The highest BCUT2D eigenvalue weighted by Gasteiger charge is 2.32. The van der Waals surface area contributed by atoms with Crippen molar-refractivity contribution in [3.63, 3.8) is 0 Å². The van der Waals surface area contributed by atoms with Gasteiger partial charge >= 0.3 is 0 Å². The fourth-order valence-corrected chi connectivity index (χ4v) is 3.59. The molecule has 1 amide bonds. The van der Waals surface area contributed by atoms with Crippen molar-refractivity contribution in [2.75, 3.05) is 25.1 Å². The fourth-order valence-electron chi connectivity index (χ4n) is 3.59. The molecule has 1 heterocycles. The van der Waals surface area contributed by atoms with E-state index in [1.54, 1.807) is 18.2 Å². The first-order valence-corrected chi connectivity index (χ1v) is 10.1. The van der Waals surface area contributed by atoms with E-state index in [4.69, 9.17) is 9.47 Å². The number of ketones is 1. The van der Waals surface area contributed by atoms with Gasteiger partial charge < -0.3 is 19.8 Å². The number of nitrogens with one attached hydrogen (secondary N) is 2. The Morgan fingerprint density at radius 2 is 1.90 bits per heavy atom. The summed E-state index contributed by atoms with van der Waals surface area (Å²) in [4.78, 5) is 40.4. The third-order valence-corrected chi connectivity index (χ3v) is 4.99. The lowest BCUT2D eigenvalue weighted by Crippen LogP contribution is -2.32. The van der Waals surface area contributed by atoms with Crippen LogP contribution in [-0.2, 0) is 22.5 Å². The highest BCUT2D eigenvalue weighted by molar-refractivity contribution is 6.06. The maximum atomic E-state index is 12.7. The molecule has 0 saturated carbocycles. The first-order valence-electron chi connectivity index (χ1n) is 10.1. The summed E-state index contributed by atoms with van der Waals surface area (Å²) in [5.74, 6) is -0.608. The number of fused-ring (bicyclic) bond motifs is 1. The molecule has 0 spiro atoms. The van der Waals surface area contributed by atoms with Crippen molar-refractivity contribution in [1.29, 1.82) is 0 Å². The van der Waals surface area contributed by atoms with Gasteiger partial charge in [0.1, 0.15) is 5.56 Å². The highest BCUT2D eigenvalue weighted by Crippen LogP contribution is 2.33. The number of aromatic amines is 1. The topological polar surface area (TPSA) is 97.5 Å². The molecule has 1 aliphatic carbocycles. The number of rotatable bonds is 8. The van der Waals surface area contributed by atoms with Crippen LogP contribution in [0.25, 0.3) is 0 Å².